The molecule has 76 valence electrons. The average Bonchev–Trinajstić information content (AvgIpc) is 2.52. The van der Waals surface area contributed by atoms with Crippen molar-refractivity contribution in [1.82, 2.24) is 4.98 Å². The highest BCUT2D eigenvalue weighted by atomic mass is 32.2. The number of nitrogens with zero attached hydrogens (tertiary/aromatic N) is 1. The van der Waals surface area contributed by atoms with E-state index < -0.39 is 0 Å². The predicted molar refractivity (Wildman–Crippen MR) is 58.1 cm³/mol. The molecule has 1 aliphatic heterocycles. The minimum Gasteiger partial charge on any atom is -0.380 e. The molecule has 0 bridgehead atoms. The molecule has 1 aliphatic rings. The third-order valence-corrected chi connectivity index (χ3v) is 3.76. The Hall–Kier alpha value is -0.770. The molecular weight excluding hydrogens is 199 g/mol. The van der Waals surface area contributed by atoms with Crippen LogP contribution < -0.4 is 5.32 Å². The maximum atomic E-state index is 12.8. The summed E-state index contributed by atoms with van der Waals surface area (Å²) in [5.41, 5.74) is 0.782. The SMILES string of the molecule is CC1SCCC1Nc1cncc(F)c1. The number of thioether (sulfide) groups is 1. The number of nitrogens with one attached hydrogen (secondary N) is 1. The topological polar surface area (TPSA) is 24.9 Å². The van der Waals surface area contributed by atoms with Crippen LogP contribution in [0.25, 0.3) is 0 Å². The number of anilines is 1. The Balaban J connectivity index is 2.03. The van der Waals surface area contributed by atoms with Gasteiger partial charge in [-0.05, 0) is 12.2 Å². The first kappa shape index (κ1) is 9.77. The highest BCUT2D eigenvalue weighted by Crippen LogP contribution is 2.28. The third-order valence-electron chi connectivity index (χ3n) is 2.43. The molecule has 1 aromatic heterocycles. The number of pyridine rings is 1. The van der Waals surface area contributed by atoms with Gasteiger partial charge >= 0.3 is 0 Å². The van der Waals surface area contributed by atoms with Gasteiger partial charge in [0.2, 0.25) is 0 Å². The standard InChI is InChI=1S/C10H13FN2S/c1-7-10(2-3-14-7)13-9-4-8(11)5-12-6-9/h4-7,10,13H,2-3H2,1H3. The van der Waals surface area contributed by atoms with Crippen LogP contribution in [0.5, 0.6) is 0 Å². The molecule has 2 atom stereocenters. The first-order valence-corrected chi connectivity index (χ1v) is 5.79. The Morgan fingerprint density at radius 1 is 1.57 bits per heavy atom. The van der Waals surface area contributed by atoms with E-state index in [0.717, 1.165) is 12.1 Å². The summed E-state index contributed by atoms with van der Waals surface area (Å²) >= 11 is 1.95. The lowest BCUT2D eigenvalue weighted by atomic mass is 10.1. The average molecular weight is 212 g/mol. The quantitative estimate of drug-likeness (QED) is 0.815. The van der Waals surface area contributed by atoms with Crippen molar-refractivity contribution in [2.24, 2.45) is 0 Å². The van der Waals surface area contributed by atoms with Gasteiger partial charge in [-0.25, -0.2) is 4.39 Å². The van der Waals surface area contributed by atoms with Crippen molar-refractivity contribution in [3.63, 3.8) is 0 Å². The van der Waals surface area contributed by atoms with Crippen molar-refractivity contribution in [2.75, 3.05) is 11.1 Å². The van der Waals surface area contributed by atoms with Gasteiger partial charge in [0.25, 0.3) is 0 Å². The molecule has 0 saturated carbocycles. The molecule has 2 rings (SSSR count). The molecule has 2 heterocycles. The van der Waals surface area contributed by atoms with E-state index in [1.54, 1.807) is 6.20 Å². The molecule has 1 fully saturated rings. The summed E-state index contributed by atoms with van der Waals surface area (Å²) in [4.78, 5) is 3.81. The normalized spacial score (nSPS) is 26.4. The molecule has 0 radical (unpaired) electrons. The minimum atomic E-state index is -0.284. The van der Waals surface area contributed by atoms with E-state index in [0.29, 0.717) is 11.3 Å². The number of hydrogen-bond donors (Lipinski definition) is 1. The highest BCUT2D eigenvalue weighted by molar-refractivity contribution is 8.00. The lowest BCUT2D eigenvalue weighted by Crippen LogP contribution is -2.24. The first-order chi connectivity index (χ1) is 6.75. The van der Waals surface area contributed by atoms with Crippen LogP contribution in [0, 0.1) is 5.82 Å². The summed E-state index contributed by atoms with van der Waals surface area (Å²) in [6.07, 6.45) is 4.03. The molecular formula is C10H13FN2S. The predicted octanol–water partition coefficient (Wildman–Crippen LogP) is 2.53. The van der Waals surface area contributed by atoms with Crippen molar-refractivity contribution >= 4 is 17.4 Å². The zero-order valence-electron chi connectivity index (χ0n) is 8.03. The molecule has 4 heteroatoms. The van der Waals surface area contributed by atoms with Gasteiger partial charge in [-0.1, -0.05) is 6.92 Å². The van der Waals surface area contributed by atoms with Crippen molar-refractivity contribution in [1.29, 1.82) is 0 Å². The minimum absolute atomic E-state index is 0.284. The lowest BCUT2D eigenvalue weighted by Gasteiger charge is -2.17. The van der Waals surface area contributed by atoms with Gasteiger partial charge < -0.3 is 5.32 Å². The summed E-state index contributed by atoms with van der Waals surface area (Å²) in [6, 6.07) is 1.94. The maximum absolute atomic E-state index is 12.8. The number of aromatic nitrogens is 1. The van der Waals surface area contributed by atoms with Crippen molar-refractivity contribution in [2.45, 2.75) is 24.6 Å². The van der Waals surface area contributed by atoms with Gasteiger partial charge in [-0.2, -0.15) is 11.8 Å². The second-order valence-electron chi connectivity index (χ2n) is 3.51. The van der Waals surface area contributed by atoms with Crippen molar-refractivity contribution < 1.29 is 4.39 Å². The largest absolute Gasteiger partial charge is 0.380 e. The van der Waals surface area contributed by atoms with Crippen LogP contribution in [0.1, 0.15) is 13.3 Å². The van der Waals surface area contributed by atoms with Crippen molar-refractivity contribution in [3.8, 4) is 0 Å². The van der Waals surface area contributed by atoms with Crippen LogP contribution in [0.2, 0.25) is 0 Å². The van der Waals surface area contributed by atoms with E-state index in [1.807, 2.05) is 11.8 Å². The Bertz CT molecular complexity index is 319. The molecule has 0 aromatic carbocycles. The highest BCUT2D eigenvalue weighted by Gasteiger charge is 2.23. The third kappa shape index (κ3) is 2.18. The van der Waals surface area contributed by atoms with E-state index in [9.17, 15) is 4.39 Å². The zero-order chi connectivity index (χ0) is 9.97. The first-order valence-electron chi connectivity index (χ1n) is 4.74. The lowest BCUT2D eigenvalue weighted by molar-refractivity contribution is 0.620. The van der Waals surface area contributed by atoms with Gasteiger partial charge in [0, 0.05) is 17.4 Å². The second kappa shape index (κ2) is 4.17. The molecule has 14 heavy (non-hydrogen) atoms. The van der Waals surface area contributed by atoms with E-state index in [-0.39, 0.29) is 5.82 Å². The summed E-state index contributed by atoms with van der Waals surface area (Å²) in [6.45, 7) is 2.20. The Labute approximate surface area is 87.3 Å². The second-order valence-corrected chi connectivity index (χ2v) is 4.99. The van der Waals surface area contributed by atoms with Gasteiger partial charge in [0.1, 0.15) is 5.82 Å². The summed E-state index contributed by atoms with van der Waals surface area (Å²) < 4.78 is 12.8. The van der Waals surface area contributed by atoms with Crippen LogP contribution in [-0.2, 0) is 0 Å². The Morgan fingerprint density at radius 2 is 2.43 bits per heavy atom. The van der Waals surface area contributed by atoms with E-state index in [1.165, 1.54) is 18.0 Å². The van der Waals surface area contributed by atoms with Crippen LogP contribution in [0.15, 0.2) is 18.5 Å². The number of halogens is 1. The monoisotopic (exact) mass is 212 g/mol. The van der Waals surface area contributed by atoms with E-state index >= 15 is 0 Å². The van der Waals surface area contributed by atoms with E-state index in [2.05, 4.69) is 17.2 Å². The molecule has 0 aliphatic carbocycles. The van der Waals surface area contributed by atoms with Crippen molar-refractivity contribution in [3.05, 3.63) is 24.3 Å². The summed E-state index contributed by atoms with van der Waals surface area (Å²) in [7, 11) is 0. The summed E-state index contributed by atoms with van der Waals surface area (Å²) in [5.74, 6) is 0.898. The number of hydrogen-bond acceptors (Lipinski definition) is 3. The van der Waals surface area contributed by atoms with Gasteiger partial charge in [0.05, 0.1) is 18.1 Å². The smallest absolute Gasteiger partial charge is 0.143 e. The van der Waals surface area contributed by atoms with Crippen LogP contribution in [-0.4, -0.2) is 22.0 Å². The van der Waals surface area contributed by atoms with Crippen LogP contribution >= 0.6 is 11.8 Å². The molecule has 0 spiro atoms. The molecule has 0 amide bonds. The Kier molecular flexibility index (Phi) is 2.91. The van der Waals surface area contributed by atoms with Gasteiger partial charge in [0.15, 0.2) is 0 Å². The molecule has 2 unspecified atom stereocenters. The van der Waals surface area contributed by atoms with Crippen LogP contribution in [0.4, 0.5) is 10.1 Å². The van der Waals surface area contributed by atoms with Gasteiger partial charge in [-0.15, -0.1) is 0 Å². The molecule has 1 aromatic rings. The van der Waals surface area contributed by atoms with E-state index in [4.69, 9.17) is 0 Å². The molecule has 1 saturated heterocycles. The number of rotatable bonds is 2. The molecule has 1 N–H and O–H groups in total. The van der Waals surface area contributed by atoms with Gasteiger partial charge in [-0.3, -0.25) is 4.98 Å². The fourth-order valence-corrected chi connectivity index (χ4v) is 2.82. The molecule has 2 nitrogen and oxygen atoms in total. The van der Waals surface area contributed by atoms with Crippen LogP contribution in [0.3, 0.4) is 0 Å². The maximum Gasteiger partial charge on any atom is 0.143 e. The summed E-state index contributed by atoms with van der Waals surface area (Å²) in [5, 5.41) is 3.90. The zero-order valence-corrected chi connectivity index (χ0v) is 8.85. The Morgan fingerprint density at radius 3 is 3.07 bits per heavy atom. The fraction of sp³-hybridized carbons (Fsp3) is 0.500. The fourth-order valence-electron chi connectivity index (χ4n) is 1.63.